The van der Waals surface area contributed by atoms with Crippen LogP contribution in [0.1, 0.15) is 38.7 Å². The molecule has 1 unspecified atom stereocenters. The number of benzene rings is 2. The molecule has 136 valence electrons. The van der Waals surface area contributed by atoms with Gasteiger partial charge in [0.05, 0.1) is 0 Å². The largest absolute Gasteiger partial charge is 0.302 e. The second-order valence-corrected chi connectivity index (χ2v) is 7.47. The summed E-state index contributed by atoms with van der Waals surface area (Å²) in [6, 6.07) is 19.4. The van der Waals surface area contributed by atoms with Gasteiger partial charge in [0, 0.05) is 29.2 Å². The summed E-state index contributed by atoms with van der Waals surface area (Å²) in [7, 11) is 0. The SMILES string of the molecule is CCC1(CC)CC2N(c3ccccc3)c3nccnc3N2c2ccccc21. The molecule has 5 rings (SSSR count). The number of aromatic nitrogens is 2. The van der Waals surface area contributed by atoms with Crippen molar-refractivity contribution >= 4 is 23.0 Å². The molecule has 3 aromatic rings. The molecule has 2 aliphatic heterocycles. The molecule has 0 fully saturated rings. The monoisotopic (exact) mass is 356 g/mol. The van der Waals surface area contributed by atoms with Gasteiger partial charge in [-0.25, -0.2) is 9.97 Å². The number of hydrogen-bond donors (Lipinski definition) is 0. The minimum Gasteiger partial charge on any atom is -0.302 e. The van der Waals surface area contributed by atoms with Crippen LogP contribution < -0.4 is 9.80 Å². The van der Waals surface area contributed by atoms with Crippen LogP contribution >= 0.6 is 0 Å². The Balaban J connectivity index is 1.76. The van der Waals surface area contributed by atoms with E-state index in [0.717, 1.165) is 30.9 Å². The number of para-hydroxylation sites is 2. The van der Waals surface area contributed by atoms with Gasteiger partial charge in [0.1, 0.15) is 6.17 Å². The molecule has 0 saturated heterocycles. The van der Waals surface area contributed by atoms with Gasteiger partial charge in [0.25, 0.3) is 0 Å². The van der Waals surface area contributed by atoms with E-state index in [1.807, 2.05) is 0 Å². The summed E-state index contributed by atoms with van der Waals surface area (Å²) in [6.07, 6.45) is 7.11. The molecule has 0 bridgehead atoms. The fourth-order valence-electron chi connectivity index (χ4n) is 4.91. The Hall–Kier alpha value is -2.88. The third-order valence-electron chi connectivity index (χ3n) is 6.41. The number of hydrogen-bond acceptors (Lipinski definition) is 4. The van der Waals surface area contributed by atoms with Crippen LogP contribution in [0.2, 0.25) is 0 Å². The molecule has 2 aromatic carbocycles. The second kappa shape index (κ2) is 6.08. The molecule has 0 radical (unpaired) electrons. The highest BCUT2D eigenvalue weighted by Crippen LogP contribution is 2.55. The minimum atomic E-state index is 0.173. The predicted molar refractivity (Wildman–Crippen MR) is 110 cm³/mol. The molecule has 3 heterocycles. The molecule has 4 nitrogen and oxygen atoms in total. The summed E-state index contributed by atoms with van der Waals surface area (Å²) in [5.41, 5.74) is 4.06. The lowest BCUT2D eigenvalue weighted by atomic mass is 9.69. The summed E-state index contributed by atoms with van der Waals surface area (Å²) in [4.78, 5) is 14.2. The Morgan fingerprint density at radius 3 is 2.19 bits per heavy atom. The Morgan fingerprint density at radius 1 is 0.852 bits per heavy atom. The summed E-state index contributed by atoms with van der Waals surface area (Å²) in [5.74, 6) is 1.91. The number of anilines is 4. The van der Waals surface area contributed by atoms with E-state index in [-0.39, 0.29) is 11.6 Å². The first-order valence-electron chi connectivity index (χ1n) is 9.83. The van der Waals surface area contributed by atoms with Crippen LogP contribution in [0.15, 0.2) is 67.0 Å². The molecule has 1 atom stereocenters. The van der Waals surface area contributed by atoms with Crippen molar-refractivity contribution in [3.63, 3.8) is 0 Å². The van der Waals surface area contributed by atoms with Crippen LogP contribution in [-0.2, 0) is 5.41 Å². The average Bonchev–Trinajstić information content (AvgIpc) is 3.07. The van der Waals surface area contributed by atoms with Crippen molar-refractivity contribution in [3.05, 3.63) is 72.6 Å². The maximum atomic E-state index is 4.74. The van der Waals surface area contributed by atoms with Gasteiger partial charge in [-0.1, -0.05) is 50.2 Å². The maximum Gasteiger partial charge on any atom is 0.178 e. The van der Waals surface area contributed by atoms with Crippen LogP contribution in [0.4, 0.5) is 23.0 Å². The van der Waals surface area contributed by atoms with E-state index in [1.54, 1.807) is 12.4 Å². The predicted octanol–water partition coefficient (Wildman–Crippen LogP) is 5.55. The van der Waals surface area contributed by atoms with Gasteiger partial charge in [0.15, 0.2) is 11.6 Å². The van der Waals surface area contributed by atoms with E-state index in [2.05, 4.69) is 78.2 Å². The van der Waals surface area contributed by atoms with Gasteiger partial charge in [-0.2, -0.15) is 0 Å². The molecule has 0 spiro atoms. The molecular formula is C23H24N4. The van der Waals surface area contributed by atoms with Crippen LogP contribution in [0.3, 0.4) is 0 Å². The van der Waals surface area contributed by atoms with Gasteiger partial charge in [-0.3, -0.25) is 0 Å². The van der Waals surface area contributed by atoms with E-state index in [0.29, 0.717) is 0 Å². The zero-order chi connectivity index (χ0) is 18.4. The standard InChI is InChI=1S/C23H24N4/c1-3-23(4-2)16-20-26(17-10-6-5-7-11-17)21-22(25-15-14-24-21)27(20)19-13-9-8-12-18(19)23/h5-15,20H,3-4,16H2,1-2H3. The molecule has 0 aliphatic carbocycles. The fraction of sp³-hybridized carbons (Fsp3) is 0.304. The Morgan fingerprint density at radius 2 is 1.48 bits per heavy atom. The lowest BCUT2D eigenvalue weighted by Gasteiger charge is -2.47. The molecular weight excluding hydrogens is 332 g/mol. The van der Waals surface area contributed by atoms with E-state index in [1.165, 1.54) is 16.9 Å². The van der Waals surface area contributed by atoms with Gasteiger partial charge in [-0.05, 0) is 43.0 Å². The molecule has 1 aromatic heterocycles. The lowest BCUT2D eigenvalue weighted by Crippen LogP contribution is -2.48. The van der Waals surface area contributed by atoms with Crippen LogP contribution in [0.5, 0.6) is 0 Å². The zero-order valence-electron chi connectivity index (χ0n) is 15.8. The fourth-order valence-corrected chi connectivity index (χ4v) is 4.91. The van der Waals surface area contributed by atoms with Crippen molar-refractivity contribution in [2.45, 2.75) is 44.7 Å². The zero-order valence-corrected chi connectivity index (χ0v) is 15.8. The first kappa shape index (κ1) is 16.3. The smallest absolute Gasteiger partial charge is 0.178 e. The minimum absolute atomic E-state index is 0.173. The first-order chi connectivity index (χ1) is 13.3. The topological polar surface area (TPSA) is 32.3 Å². The van der Waals surface area contributed by atoms with Crippen molar-refractivity contribution in [2.75, 3.05) is 9.80 Å². The Bertz CT molecular complexity index is 965. The van der Waals surface area contributed by atoms with Crippen LogP contribution in [0, 0.1) is 0 Å². The highest BCUT2D eigenvalue weighted by Gasteiger charge is 2.49. The molecule has 0 saturated carbocycles. The Kier molecular flexibility index (Phi) is 3.67. The van der Waals surface area contributed by atoms with E-state index < -0.39 is 0 Å². The second-order valence-electron chi connectivity index (χ2n) is 7.47. The lowest BCUT2D eigenvalue weighted by molar-refractivity contribution is 0.322. The molecule has 27 heavy (non-hydrogen) atoms. The van der Waals surface area contributed by atoms with Crippen molar-refractivity contribution in [3.8, 4) is 0 Å². The van der Waals surface area contributed by atoms with E-state index in [9.17, 15) is 0 Å². The maximum absolute atomic E-state index is 4.74. The third kappa shape index (κ3) is 2.22. The van der Waals surface area contributed by atoms with Crippen LogP contribution in [-0.4, -0.2) is 16.1 Å². The molecule has 2 aliphatic rings. The highest BCUT2D eigenvalue weighted by atomic mass is 15.5. The van der Waals surface area contributed by atoms with Gasteiger partial charge >= 0.3 is 0 Å². The molecule has 0 N–H and O–H groups in total. The van der Waals surface area contributed by atoms with Gasteiger partial charge in [-0.15, -0.1) is 0 Å². The summed E-state index contributed by atoms with van der Waals surface area (Å²) >= 11 is 0. The van der Waals surface area contributed by atoms with Crippen molar-refractivity contribution in [1.82, 2.24) is 9.97 Å². The Labute approximate surface area is 160 Å². The van der Waals surface area contributed by atoms with Gasteiger partial charge < -0.3 is 9.80 Å². The highest BCUT2D eigenvalue weighted by molar-refractivity contribution is 5.85. The summed E-state index contributed by atoms with van der Waals surface area (Å²) in [5, 5.41) is 0. The normalized spacial score (nSPS) is 19.4. The third-order valence-corrected chi connectivity index (χ3v) is 6.41. The number of fused-ring (bicyclic) bond motifs is 5. The molecule has 0 amide bonds. The average molecular weight is 356 g/mol. The summed E-state index contributed by atoms with van der Waals surface area (Å²) < 4.78 is 0. The van der Waals surface area contributed by atoms with Gasteiger partial charge in [0.2, 0.25) is 0 Å². The van der Waals surface area contributed by atoms with Crippen LogP contribution in [0.25, 0.3) is 0 Å². The number of nitrogens with zero attached hydrogens (tertiary/aromatic N) is 4. The number of rotatable bonds is 3. The van der Waals surface area contributed by atoms with Crippen molar-refractivity contribution in [2.24, 2.45) is 0 Å². The first-order valence-corrected chi connectivity index (χ1v) is 9.83. The van der Waals surface area contributed by atoms with Crippen molar-refractivity contribution < 1.29 is 0 Å². The summed E-state index contributed by atoms with van der Waals surface area (Å²) in [6.45, 7) is 4.64. The molecule has 4 heteroatoms. The quantitative estimate of drug-likeness (QED) is 0.615. The van der Waals surface area contributed by atoms with E-state index >= 15 is 0 Å². The van der Waals surface area contributed by atoms with Crippen molar-refractivity contribution in [1.29, 1.82) is 0 Å². The van der Waals surface area contributed by atoms with E-state index in [4.69, 9.17) is 9.97 Å².